The van der Waals surface area contributed by atoms with E-state index in [4.69, 9.17) is 11.6 Å². The number of pyridine rings is 1. The van der Waals surface area contributed by atoms with Crippen LogP contribution in [-0.4, -0.2) is 10.8 Å². The second kappa shape index (κ2) is 5.98. The Balaban J connectivity index is 2.07. The molecule has 0 saturated carbocycles. The number of halogens is 1. The smallest absolute Gasteiger partial charge is 0.141 e. The number of benzene rings is 1. The summed E-state index contributed by atoms with van der Waals surface area (Å²) in [4.78, 5) is 16.0. The summed E-state index contributed by atoms with van der Waals surface area (Å²) in [6.07, 6.45) is 4.03. The molecule has 0 saturated heterocycles. The first-order chi connectivity index (χ1) is 9.04. The van der Waals surface area contributed by atoms with Gasteiger partial charge in [-0.15, -0.1) is 0 Å². The first-order valence-corrected chi connectivity index (χ1v) is 6.59. The summed E-state index contributed by atoms with van der Waals surface area (Å²) in [7, 11) is 0. The molecule has 2 nitrogen and oxygen atoms in total. The van der Waals surface area contributed by atoms with Gasteiger partial charge in [0.25, 0.3) is 0 Å². The highest BCUT2D eigenvalue weighted by Crippen LogP contribution is 2.16. The van der Waals surface area contributed by atoms with Crippen molar-refractivity contribution in [1.29, 1.82) is 0 Å². The van der Waals surface area contributed by atoms with E-state index in [2.05, 4.69) is 23.2 Å². The molecule has 0 aliphatic heterocycles. The van der Waals surface area contributed by atoms with Crippen LogP contribution in [0.3, 0.4) is 0 Å². The summed E-state index contributed by atoms with van der Waals surface area (Å²) in [5.41, 5.74) is 4.27. The van der Waals surface area contributed by atoms with Crippen LogP contribution in [0.5, 0.6) is 0 Å². The standard InChI is InChI=1S/C16H16ClNO/c1-11-5-12(2)7-13(6-11)8-15(19)9-14-3-4-18-10-16(14)17/h3-7,10H,8-9H2,1-2H3. The zero-order valence-corrected chi connectivity index (χ0v) is 11.9. The van der Waals surface area contributed by atoms with Gasteiger partial charge in [0.1, 0.15) is 5.78 Å². The maximum atomic E-state index is 12.1. The Hall–Kier alpha value is -1.67. The number of Topliss-reactive ketones (excluding diaryl/α,β-unsaturated/α-hetero) is 1. The molecule has 2 aromatic rings. The molecule has 1 aromatic heterocycles. The third kappa shape index (κ3) is 3.90. The SMILES string of the molecule is Cc1cc(C)cc(CC(=O)Cc2ccncc2Cl)c1. The van der Waals surface area contributed by atoms with Crippen molar-refractivity contribution in [1.82, 2.24) is 4.98 Å². The molecule has 3 heteroatoms. The van der Waals surface area contributed by atoms with Crippen molar-refractivity contribution in [2.45, 2.75) is 26.7 Å². The van der Waals surface area contributed by atoms with Crippen LogP contribution < -0.4 is 0 Å². The van der Waals surface area contributed by atoms with Crippen molar-refractivity contribution in [2.24, 2.45) is 0 Å². The highest BCUT2D eigenvalue weighted by molar-refractivity contribution is 6.31. The third-order valence-electron chi connectivity index (χ3n) is 2.93. The fourth-order valence-electron chi connectivity index (χ4n) is 2.22. The van der Waals surface area contributed by atoms with Crippen molar-refractivity contribution in [2.75, 3.05) is 0 Å². The average Bonchev–Trinajstić information content (AvgIpc) is 2.30. The molecule has 0 fully saturated rings. The summed E-state index contributed by atoms with van der Waals surface area (Å²) in [5.74, 6) is 0.165. The van der Waals surface area contributed by atoms with Gasteiger partial charge in [-0.25, -0.2) is 0 Å². The lowest BCUT2D eigenvalue weighted by Crippen LogP contribution is -2.07. The highest BCUT2D eigenvalue weighted by atomic mass is 35.5. The summed E-state index contributed by atoms with van der Waals surface area (Å²) >= 11 is 6.01. The second-order valence-corrected chi connectivity index (χ2v) is 5.26. The summed E-state index contributed by atoms with van der Waals surface area (Å²) in [6.45, 7) is 4.08. The lowest BCUT2D eigenvalue weighted by molar-refractivity contribution is -0.117. The molecule has 0 aliphatic rings. The molecular formula is C16H16ClNO. The topological polar surface area (TPSA) is 30.0 Å². The molecule has 0 amide bonds. The maximum absolute atomic E-state index is 12.1. The first-order valence-electron chi connectivity index (χ1n) is 6.22. The summed E-state index contributed by atoms with van der Waals surface area (Å²) in [5, 5.41) is 0.552. The van der Waals surface area contributed by atoms with Gasteiger partial charge in [-0.2, -0.15) is 0 Å². The molecular weight excluding hydrogens is 258 g/mol. The van der Waals surface area contributed by atoms with Crippen LogP contribution >= 0.6 is 11.6 Å². The lowest BCUT2D eigenvalue weighted by atomic mass is 10.0. The Kier molecular flexibility index (Phi) is 4.33. The number of aryl methyl sites for hydroxylation is 2. The molecule has 98 valence electrons. The molecule has 1 heterocycles. The van der Waals surface area contributed by atoms with E-state index in [9.17, 15) is 4.79 Å². The zero-order chi connectivity index (χ0) is 13.8. The molecule has 0 spiro atoms. The minimum Gasteiger partial charge on any atom is -0.299 e. The number of carbonyl (C=O) groups excluding carboxylic acids is 1. The van der Waals surface area contributed by atoms with E-state index in [0.29, 0.717) is 17.9 Å². The van der Waals surface area contributed by atoms with Crippen molar-refractivity contribution >= 4 is 17.4 Å². The van der Waals surface area contributed by atoms with E-state index >= 15 is 0 Å². The molecule has 0 aliphatic carbocycles. The van der Waals surface area contributed by atoms with Gasteiger partial charge in [-0.1, -0.05) is 40.9 Å². The number of rotatable bonds is 4. The molecule has 0 bridgehead atoms. The van der Waals surface area contributed by atoms with E-state index in [1.54, 1.807) is 18.5 Å². The monoisotopic (exact) mass is 273 g/mol. The van der Waals surface area contributed by atoms with Gasteiger partial charge in [0, 0.05) is 25.2 Å². The largest absolute Gasteiger partial charge is 0.299 e. The quantitative estimate of drug-likeness (QED) is 0.850. The molecule has 2 rings (SSSR count). The first kappa shape index (κ1) is 13.8. The Morgan fingerprint density at radius 3 is 2.47 bits per heavy atom. The number of ketones is 1. The van der Waals surface area contributed by atoms with Crippen LogP contribution in [0.15, 0.2) is 36.7 Å². The number of hydrogen-bond donors (Lipinski definition) is 0. The van der Waals surface area contributed by atoms with Gasteiger partial charge >= 0.3 is 0 Å². The predicted octanol–water partition coefficient (Wildman–Crippen LogP) is 3.71. The fourth-order valence-corrected chi connectivity index (χ4v) is 2.41. The minimum atomic E-state index is 0.165. The van der Waals surface area contributed by atoms with E-state index in [-0.39, 0.29) is 5.78 Å². The van der Waals surface area contributed by atoms with E-state index in [1.165, 1.54) is 11.1 Å². The van der Waals surface area contributed by atoms with Crippen LogP contribution in [0.2, 0.25) is 5.02 Å². The van der Waals surface area contributed by atoms with Gasteiger partial charge in [-0.05, 0) is 31.0 Å². The van der Waals surface area contributed by atoms with Crippen LogP contribution in [0.4, 0.5) is 0 Å². The van der Waals surface area contributed by atoms with Gasteiger partial charge < -0.3 is 0 Å². The van der Waals surface area contributed by atoms with Gasteiger partial charge in [0.15, 0.2) is 0 Å². The van der Waals surface area contributed by atoms with Crippen LogP contribution in [0.1, 0.15) is 22.3 Å². The number of hydrogen-bond acceptors (Lipinski definition) is 2. The van der Waals surface area contributed by atoms with Gasteiger partial charge in [0.05, 0.1) is 5.02 Å². The third-order valence-corrected chi connectivity index (χ3v) is 3.27. The number of aromatic nitrogens is 1. The molecule has 0 N–H and O–H groups in total. The van der Waals surface area contributed by atoms with Crippen LogP contribution in [-0.2, 0) is 17.6 Å². The van der Waals surface area contributed by atoms with Crippen LogP contribution in [0, 0.1) is 13.8 Å². The van der Waals surface area contributed by atoms with Crippen molar-refractivity contribution < 1.29 is 4.79 Å². The zero-order valence-electron chi connectivity index (χ0n) is 11.1. The highest BCUT2D eigenvalue weighted by Gasteiger charge is 2.08. The summed E-state index contributed by atoms with van der Waals surface area (Å²) < 4.78 is 0. The molecule has 1 aromatic carbocycles. The Labute approximate surface area is 118 Å². The number of nitrogens with zero attached hydrogens (tertiary/aromatic N) is 1. The van der Waals surface area contributed by atoms with Crippen LogP contribution in [0.25, 0.3) is 0 Å². The minimum absolute atomic E-state index is 0.165. The van der Waals surface area contributed by atoms with Crippen molar-refractivity contribution in [3.05, 3.63) is 63.9 Å². The molecule has 0 radical (unpaired) electrons. The normalized spacial score (nSPS) is 10.5. The second-order valence-electron chi connectivity index (χ2n) is 4.86. The van der Waals surface area contributed by atoms with E-state index in [0.717, 1.165) is 11.1 Å². The lowest BCUT2D eigenvalue weighted by Gasteiger charge is -2.06. The van der Waals surface area contributed by atoms with Gasteiger partial charge in [-0.3, -0.25) is 9.78 Å². The Morgan fingerprint density at radius 1 is 1.16 bits per heavy atom. The van der Waals surface area contributed by atoms with Crippen molar-refractivity contribution in [3.63, 3.8) is 0 Å². The average molecular weight is 274 g/mol. The maximum Gasteiger partial charge on any atom is 0.141 e. The summed E-state index contributed by atoms with van der Waals surface area (Å²) in [6, 6.07) is 8.01. The molecule has 0 atom stereocenters. The number of carbonyl (C=O) groups is 1. The Bertz CT molecular complexity index is 587. The fraction of sp³-hybridized carbons (Fsp3) is 0.250. The predicted molar refractivity (Wildman–Crippen MR) is 77.6 cm³/mol. The van der Waals surface area contributed by atoms with E-state index in [1.807, 2.05) is 13.8 Å². The van der Waals surface area contributed by atoms with Crippen molar-refractivity contribution in [3.8, 4) is 0 Å². The van der Waals surface area contributed by atoms with E-state index < -0.39 is 0 Å². The Morgan fingerprint density at radius 2 is 1.84 bits per heavy atom. The molecule has 19 heavy (non-hydrogen) atoms. The molecule has 0 unspecified atom stereocenters. The van der Waals surface area contributed by atoms with Gasteiger partial charge in [0.2, 0.25) is 0 Å².